The molecule has 1 aromatic carbocycles. The standard InChI is InChI=1S/C13H10BrFN2S/c1-8(10-4-5-18-7-10)17-11-3-2-9(6-16)12(14)13(11)15/h2-5,7-8,17H,1H3. The van der Waals surface area contributed by atoms with Crippen molar-refractivity contribution in [1.29, 1.82) is 5.26 Å². The van der Waals surface area contributed by atoms with Gasteiger partial charge in [0.2, 0.25) is 0 Å². The zero-order chi connectivity index (χ0) is 13.1. The number of hydrogen-bond acceptors (Lipinski definition) is 3. The van der Waals surface area contributed by atoms with Crippen molar-refractivity contribution in [3.63, 3.8) is 0 Å². The van der Waals surface area contributed by atoms with Crippen molar-refractivity contribution < 1.29 is 4.39 Å². The summed E-state index contributed by atoms with van der Waals surface area (Å²) >= 11 is 4.70. The van der Waals surface area contributed by atoms with Gasteiger partial charge in [0.25, 0.3) is 0 Å². The van der Waals surface area contributed by atoms with E-state index in [1.165, 1.54) is 0 Å². The van der Waals surface area contributed by atoms with E-state index in [-0.39, 0.29) is 10.5 Å². The number of thiophene rings is 1. The monoisotopic (exact) mass is 324 g/mol. The van der Waals surface area contributed by atoms with Crippen molar-refractivity contribution >= 4 is 33.0 Å². The lowest BCUT2D eigenvalue weighted by atomic mass is 10.1. The molecule has 0 spiro atoms. The Kier molecular flexibility index (Phi) is 4.00. The van der Waals surface area contributed by atoms with Gasteiger partial charge in [-0.25, -0.2) is 4.39 Å². The van der Waals surface area contributed by atoms with Crippen molar-refractivity contribution in [3.05, 3.63) is 50.4 Å². The van der Waals surface area contributed by atoms with Gasteiger partial charge in [0.15, 0.2) is 5.82 Å². The van der Waals surface area contributed by atoms with E-state index in [0.29, 0.717) is 11.3 Å². The smallest absolute Gasteiger partial charge is 0.161 e. The molecular formula is C13H10BrFN2S. The average Bonchev–Trinajstić information content (AvgIpc) is 2.89. The molecule has 0 amide bonds. The fraction of sp³-hybridized carbons (Fsp3) is 0.154. The quantitative estimate of drug-likeness (QED) is 0.888. The van der Waals surface area contributed by atoms with Crippen LogP contribution >= 0.6 is 27.3 Å². The van der Waals surface area contributed by atoms with E-state index in [9.17, 15) is 4.39 Å². The summed E-state index contributed by atoms with van der Waals surface area (Å²) in [5.41, 5.74) is 1.79. The molecular weight excluding hydrogens is 315 g/mol. The Morgan fingerprint density at radius 1 is 1.44 bits per heavy atom. The molecule has 0 fully saturated rings. The third-order valence-corrected chi connectivity index (χ3v) is 4.09. The van der Waals surface area contributed by atoms with Crippen LogP contribution in [0.3, 0.4) is 0 Å². The highest BCUT2D eigenvalue weighted by Crippen LogP contribution is 2.29. The fourth-order valence-corrected chi connectivity index (χ4v) is 2.77. The van der Waals surface area contributed by atoms with Crippen LogP contribution in [-0.4, -0.2) is 0 Å². The van der Waals surface area contributed by atoms with E-state index in [4.69, 9.17) is 5.26 Å². The molecule has 1 atom stereocenters. The number of benzene rings is 1. The van der Waals surface area contributed by atoms with E-state index < -0.39 is 5.82 Å². The number of nitrogens with one attached hydrogen (secondary N) is 1. The number of hydrogen-bond donors (Lipinski definition) is 1. The number of rotatable bonds is 3. The summed E-state index contributed by atoms with van der Waals surface area (Å²) in [5, 5.41) is 15.9. The van der Waals surface area contributed by atoms with Crippen LogP contribution in [0, 0.1) is 17.1 Å². The lowest BCUT2D eigenvalue weighted by molar-refractivity contribution is 0.620. The van der Waals surface area contributed by atoms with E-state index in [1.807, 2.05) is 29.8 Å². The van der Waals surface area contributed by atoms with Crippen molar-refractivity contribution in [1.82, 2.24) is 0 Å². The van der Waals surface area contributed by atoms with Gasteiger partial charge in [0.05, 0.1) is 15.7 Å². The second kappa shape index (κ2) is 5.51. The van der Waals surface area contributed by atoms with Crippen LogP contribution in [-0.2, 0) is 0 Å². The van der Waals surface area contributed by atoms with Crippen LogP contribution in [0.25, 0.3) is 0 Å². The predicted octanol–water partition coefficient (Wildman–Crippen LogP) is 4.69. The summed E-state index contributed by atoms with van der Waals surface area (Å²) in [5.74, 6) is -0.434. The summed E-state index contributed by atoms with van der Waals surface area (Å²) in [4.78, 5) is 0. The first kappa shape index (κ1) is 13.1. The summed E-state index contributed by atoms with van der Waals surface area (Å²) in [6.45, 7) is 1.97. The van der Waals surface area contributed by atoms with E-state index in [2.05, 4.69) is 21.2 Å². The Labute approximate surface area is 117 Å². The summed E-state index contributed by atoms with van der Waals surface area (Å²) < 4.78 is 14.2. The predicted molar refractivity (Wildman–Crippen MR) is 75.2 cm³/mol. The summed E-state index contributed by atoms with van der Waals surface area (Å²) in [7, 11) is 0. The average molecular weight is 325 g/mol. The third kappa shape index (κ3) is 2.55. The van der Waals surface area contributed by atoms with Gasteiger partial charge in [0.1, 0.15) is 6.07 Å². The SMILES string of the molecule is CC(Nc1ccc(C#N)c(Br)c1F)c1ccsc1. The highest BCUT2D eigenvalue weighted by Gasteiger charge is 2.13. The van der Waals surface area contributed by atoms with Gasteiger partial charge >= 0.3 is 0 Å². The maximum absolute atomic E-state index is 14.0. The molecule has 0 saturated carbocycles. The lowest BCUT2D eigenvalue weighted by Crippen LogP contribution is -2.07. The van der Waals surface area contributed by atoms with Gasteiger partial charge in [-0.15, -0.1) is 0 Å². The first-order chi connectivity index (χ1) is 8.63. The van der Waals surface area contributed by atoms with Crippen molar-refractivity contribution in [2.45, 2.75) is 13.0 Å². The molecule has 1 N–H and O–H groups in total. The van der Waals surface area contributed by atoms with Crippen LogP contribution in [0.2, 0.25) is 0 Å². The maximum Gasteiger partial charge on any atom is 0.161 e. The van der Waals surface area contributed by atoms with Gasteiger partial charge in [-0.1, -0.05) is 0 Å². The number of nitrogens with zero attached hydrogens (tertiary/aromatic N) is 1. The highest BCUT2D eigenvalue weighted by atomic mass is 79.9. The van der Waals surface area contributed by atoms with E-state index in [1.54, 1.807) is 23.5 Å². The molecule has 5 heteroatoms. The zero-order valence-electron chi connectivity index (χ0n) is 9.58. The second-order valence-corrected chi connectivity index (χ2v) is 5.40. The normalized spacial score (nSPS) is 11.9. The molecule has 1 aromatic heterocycles. The van der Waals surface area contributed by atoms with Crippen LogP contribution in [0.5, 0.6) is 0 Å². The minimum absolute atomic E-state index is 0.0191. The molecule has 1 heterocycles. The molecule has 0 bridgehead atoms. The summed E-state index contributed by atoms with van der Waals surface area (Å²) in [6, 6.07) is 7.13. The van der Waals surface area contributed by atoms with Crippen LogP contribution < -0.4 is 5.32 Å². The minimum Gasteiger partial charge on any atom is -0.376 e. The molecule has 18 heavy (non-hydrogen) atoms. The lowest BCUT2D eigenvalue weighted by Gasteiger charge is -2.15. The molecule has 0 aliphatic heterocycles. The highest BCUT2D eigenvalue weighted by molar-refractivity contribution is 9.10. The molecule has 0 radical (unpaired) electrons. The Balaban J connectivity index is 2.26. The Morgan fingerprint density at radius 3 is 2.83 bits per heavy atom. The van der Waals surface area contributed by atoms with E-state index in [0.717, 1.165) is 5.56 Å². The molecule has 0 aliphatic carbocycles. The third-order valence-electron chi connectivity index (χ3n) is 2.62. The number of nitriles is 1. The minimum atomic E-state index is -0.434. The molecule has 2 aromatic rings. The first-order valence-corrected chi connectivity index (χ1v) is 7.03. The maximum atomic E-state index is 14.0. The largest absolute Gasteiger partial charge is 0.376 e. The van der Waals surface area contributed by atoms with Crippen molar-refractivity contribution in [2.75, 3.05) is 5.32 Å². The molecule has 1 unspecified atom stereocenters. The fourth-order valence-electron chi connectivity index (χ4n) is 1.59. The zero-order valence-corrected chi connectivity index (χ0v) is 12.0. The molecule has 92 valence electrons. The van der Waals surface area contributed by atoms with E-state index >= 15 is 0 Å². The van der Waals surface area contributed by atoms with Crippen molar-refractivity contribution in [3.8, 4) is 6.07 Å². The van der Waals surface area contributed by atoms with Gasteiger partial charge in [-0.05, 0) is 57.4 Å². The van der Waals surface area contributed by atoms with Crippen molar-refractivity contribution in [2.24, 2.45) is 0 Å². The van der Waals surface area contributed by atoms with Crippen LogP contribution in [0.1, 0.15) is 24.1 Å². The Bertz CT molecular complexity index is 590. The number of anilines is 1. The van der Waals surface area contributed by atoms with Gasteiger partial charge in [-0.2, -0.15) is 16.6 Å². The molecule has 0 aliphatic rings. The first-order valence-electron chi connectivity index (χ1n) is 5.30. The van der Waals surface area contributed by atoms with Gasteiger partial charge in [-0.3, -0.25) is 0 Å². The van der Waals surface area contributed by atoms with Crippen LogP contribution in [0.15, 0.2) is 33.4 Å². The van der Waals surface area contributed by atoms with Crippen LogP contribution in [0.4, 0.5) is 10.1 Å². The van der Waals surface area contributed by atoms with Gasteiger partial charge < -0.3 is 5.32 Å². The van der Waals surface area contributed by atoms with Gasteiger partial charge in [0, 0.05) is 6.04 Å². The summed E-state index contributed by atoms with van der Waals surface area (Å²) in [6.07, 6.45) is 0. The number of halogens is 2. The second-order valence-electron chi connectivity index (χ2n) is 3.82. The topological polar surface area (TPSA) is 35.8 Å². The Morgan fingerprint density at radius 2 is 2.22 bits per heavy atom. The Hall–Kier alpha value is -1.38. The molecule has 0 saturated heterocycles. The molecule has 2 nitrogen and oxygen atoms in total. The molecule has 2 rings (SSSR count).